The molecule has 0 radical (unpaired) electrons. The van der Waals surface area contributed by atoms with Crippen LogP contribution in [0.25, 0.3) is 0 Å². The summed E-state index contributed by atoms with van der Waals surface area (Å²) in [5, 5.41) is 1.90. The van der Waals surface area contributed by atoms with Crippen molar-refractivity contribution in [1.82, 2.24) is 5.32 Å². The highest BCUT2D eigenvalue weighted by atomic mass is 35.5. The quantitative estimate of drug-likeness (QED) is 0.833. The van der Waals surface area contributed by atoms with Crippen molar-refractivity contribution in [3.8, 4) is 12.3 Å². The van der Waals surface area contributed by atoms with E-state index in [1.807, 2.05) is 0 Å². The third-order valence-electron chi connectivity index (χ3n) is 2.46. The maximum atomic E-state index is 12.6. The Kier molecular flexibility index (Phi) is 5.22. The molecule has 8 heteroatoms. The van der Waals surface area contributed by atoms with Gasteiger partial charge >= 0.3 is 6.18 Å². The topological polar surface area (TPSA) is 72.2 Å². The number of carbonyl (C=O) groups excluding carboxylic acids is 2. The van der Waals surface area contributed by atoms with Gasteiger partial charge < -0.3 is 11.1 Å². The highest BCUT2D eigenvalue weighted by molar-refractivity contribution is 6.31. The zero-order chi connectivity index (χ0) is 16.2. The molecule has 21 heavy (non-hydrogen) atoms. The summed E-state index contributed by atoms with van der Waals surface area (Å²) in [5.74, 6) is 0.313. The molecule has 3 N–H and O–H groups in total. The molecule has 0 aliphatic rings. The van der Waals surface area contributed by atoms with Crippen molar-refractivity contribution in [2.24, 2.45) is 5.73 Å². The average molecular weight is 319 g/mol. The van der Waals surface area contributed by atoms with Gasteiger partial charge in [0.15, 0.2) is 0 Å². The smallest absolute Gasteiger partial charge is 0.368 e. The van der Waals surface area contributed by atoms with Gasteiger partial charge in [-0.25, -0.2) is 0 Å². The van der Waals surface area contributed by atoms with E-state index < -0.39 is 29.6 Å². The number of hydrogen-bond donors (Lipinski definition) is 2. The number of halogens is 4. The average Bonchev–Trinajstić information content (AvgIpc) is 2.36. The summed E-state index contributed by atoms with van der Waals surface area (Å²) in [5.41, 5.74) is 3.60. The van der Waals surface area contributed by atoms with Crippen molar-refractivity contribution < 1.29 is 22.8 Å². The number of amides is 2. The summed E-state index contributed by atoms with van der Waals surface area (Å²) in [6, 6.07) is 1.18. The zero-order valence-electron chi connectivity index (χ0n) is 10.5. The van der Waals surface area contributed by atoms with Crippen molar-refractivity contribution in [3.63, 3.8) is 0 Å². The van der Waals surface area contributed by atoms with Gasteiger partial charge in [0.05, 0.1) is 5.56 Å². The molecular weight excluding hydrogens is 309 g/mol. The number of primary amides is 1. The van der Waals surface area contributed by atoms with Gasteiger partial charge in [-0.05, 0) is 18.2 Å². The highest BCUT2D eigenvalue weighted by Gasteiger charge is 2.32. The first-order valence-electron chi connectivity index (χ1n) is 5.56. The molecule has 0 fully saturated rings. The molecule has 0 heterocycles. The second kappa shape index (κ2) is 6.50. The summed E-state index contributed by atoms with van der Waals surface area (Å²) < 4.78 is 37.9. The van der Waals surface area contributed by atoms with Crippen LogP contribution in [-0.2, 0) is 11.0 Å². The molecule has 1 aromatic carbocycles. The summed E-state index contributed by atoms with van der Waals surface area (Å²) in [4.78, 5) is 22.9. The van der Waals surface area contributed by atoms with E-state index in [-0.39, 0.29) is 17.0 Å². The number of benzene rings is 1. The van der Waals surface area contributed by atoms with Crippen LogP contribution in [0.1, 0.15) is 22.3 Å². The van der Waals surface area contributed by atoms with E-state index in [1.54, 1.807) is 0 Å². The summed E-state index contributed by atoms with van der Waals surface area (Å²) >= 11 is 5.56. The lowest BCUT2D eigenvalue weighted by Gasteiger charge is -2.14. The van der Waals surface area contributed by atoms with Crippen molar-refractivity contribution in [1.29, 1.82) is 0 Å². The molecule has 0 bridgehead atoms. The number of carbonyl (C=O) groups is 2. The van der Waals surface area contributed by atoms with Gasteiger partial charge in [-0.2, -0.15) is 13.2 Å². The van der Waals surface area contributed by atoms with Crippen LogP contribution in [-0.4, -0.2) is 17.9 Å². The summed E-state index contributed by atoms with van der Waals surface area (Å²) in [6.45, 7) is 0. The Hall–Kier alpha value is -2.20. The van der Waals surface area contributed by atoms with E-state index in [4.69, 9.17) is 23.8 Å². The second-order valence-electron chi connectivity index (χ2n) is 4.06. The first-order chi connectivity index (χ1) is 9.65. The number of nitrogens with one attached hydrogen (secondary N) is 1. The van der Waals surface area contributed by atoms with Gasteiger partial charge in [-0.1, -0.05) is 11.6 Å². The van der Waals surface area contributed by atoms with Crippen LogP contribution < -0.4 is 11.1 Å². The summed E-state index contributed by atoms with van der Waals surface area (Å²) in [7, 11) is 0. The third kappa shape index (κ3) is 4.68. The largest absolute Gasteiger partial charge is 0.416 e. The standard InChI is InChI=1S/C13H10ClF3N2O2/c1-2-3-10(11(18)20)19-12(21)7-4-8(13(15,16)17)6-9(14)5-7/h1,4-6,10H,3H2,(H2,18,20)(H,19,21)/t10-/m1/s1. The maximum absolute atomic E-state index is 12.6. The normalized spacial score (nSPS) is 12.3. The molecule has 2 amide bonds. The van der Waals surface area contributed by atoms with E-state index in [1.165, 1.54) is 0 Å². The molecule has 1 aromatic rings. The fourth-order valence-electron chi connectivity index (χ4n) is 1.47. The Labute approximate surface area is 123 Å². The van der Waals surface area contributed by atoms with E-state index in [0.717, 1.165) is 6.07 Å². The lowest BCUT2D eigenvalue weighted by atomic mass is 10.1. The van der Waals surface area contributed by atoms with Crippen molar-refractivity contribution in [2.45, 2.75) is 18.6 Å². The third-order valence-corrected chi connectivity index (χ3v) is 2.68. The van der Waals surface area contributed by atoms with Crippen molar-refractivity contribution >= 4 is 23.4 Å². The number of hydrogen-bond acceptors (Lipinski definition) is 2. The predicted octanol–water partition coefficient (Wildman–Crippen LogP) is 1.97. The molecule has 0 unspecified atom stereocenters. The first kappa shape index (κ1) is 16.9. The van der Waals surface area contributed by atoms with Gasteiger partial charge in [0, 0.05) is 17.0 Å². The zero-order valence-corrected chi connectivity index (χ0v) is 11.3. The van der Waals surface area contributed by atoms with E-state index >= 15 is 0 Å². The van der Waals surface area contributed by atoms with E-state index in [9.17, 15) is 22.8 Å². The molecular formula is C13H10ClF3N2O2. The predicted molar refractivity (Wildman–Crippen MR) is 70.4 cm³/mol. The van der Waals surface area contributed by atoms with Gasteiger partial charge in [0.25, 0.3) is 5.91 Å². The van der Waals surface area contributed by atoms with Gasteiger partial charge in [-0.15, -0.1) is 12.3 Å². The van der Waals surface area contributed by atoms with Crippen molar-refractivity contribution in [3.05, 3.63) is 34.3 Å². The van der Waals surface area contributed by atoms with Crippen LogP contribution in [0.2, 0.25) is 5.02 Å². The number of rotatable bonds is 4. The molecule has 0 saturated carbocycles. The molecule has 1 atom stereocenters. The molecule has 0 spiro atoms. The van der Waals surface area contributed by atoms with Crippen LogP contribution in [0.3, 0.4) is 0 Å². The fourth-order valence-corrected chi connectivity index (χ4v) is 1.70. The Bertz CT molecular complexity index is 608. The maximum Gasteiger partial charge on any atom is 0.416 e. The fraction of sp³-hybridized carbons (Fsp3) is 0.231. The Balaban J connectivity index is 3.05. The van der Waals surface area contributed by atoms with E-state index in [0.29, 0.717) is 12.1 Å². The van der Waals surface area contributed by atoms with Crippen LogP contribution in [0, 0.1) is 12.3 Å². The molecule has 0 saturated heterocycles. The SMILES string of the molecule is C#CC[C@@H](NC(=O)c1cc(Cl)cc(C(F)(F)F)c1)C(N)=O. The van der Waals surface area contributed by atoms with Gasteiger partial charge in [0.1, 0.15) is 6.04 Å². The Morgan fingerprint density at radius 1 is 1.38 bits per heavy atom. The minimum Gasteiger partial charge on any atom is -0.368 e. The first-order valence-corrected chi connectivity index (χ1v) is 5.94. The lowest BCUT2D eigenvalue weighted by molar-refractivity contribution is -0.137. The minimum atomic E-state index is -4.65. The van der Waals surface area contributed by atoms with Crippen LogP contribution in [0.5, 0.6) is 0 Å². The summed E-state index contributed by atoms with van der Waals surface area (Å²) in [6.07, 6.45) is 0.184. The minimum absolute atomic E-state index is 0.173. The van der Waals surface area contributed by atoms with Gasteiger partial charge in [0.2, 0.25) is 5.91 Å². The molecule has 112 valence electrons. The van der Waals surface area contributed by atoms with E-state index in [2.05, 4.69) is 11.2 Å². The molecule has 0 aromatic heterocycles. The molecule has 1 rings (SSSR count). The second-order valence-corrected chi connectivity index (χ2v) is 4.50. The molecule has 4 nitrogen and oxygen atoms in total. The number of terminal acetylenes is 1. The van der Waals surface area contributed by atoms with Crippen LogP contribution >= 0.6 is 11.6 Å². The monoisotopic (exact) mass is 318 g/mol. The number of alkyl halides is 3. The van der Waals surface area contributed by atoms with Gasteiger partial charge in [-0.3, -0.25) is 9.59 Å². The van der Waals surface area contributed by atoms with Crippen molar-refractivity contribution in [2.75, 3.05) is 0 Å². The molecule has 0 aliphatic heterocycles. The number of nitrogens with two attached hydrogens (primary N) is 1. The molecule has 0 aliphatic carbocycles. The Morgan fingerprint density at radius 2 is 2.00 bits per heavy atom. The highest BCUT2D eigenvalue weighted by Crippen LogP contribution is 2.31. The van der Waals surface area contributed by atoms with Crippen LogP contribution in [0.15, 0.2) is 18.2 Å². The van der Waals surface area contributed by atoms with Crippen LogP contribution in [0.4, 0.5) is 13.2 Å². The Morgan fingerprint density at radius 3 is 2.48 bits per heavy atom. The lowest BCUT2D eigenvalue weighted by Crippen LogP contribution is -2.44.